The molecule has 0 N–H and O–H groups in total. The van der Waals surface area contributed by atoms with E-state index in [-0.39, 0.29) is 24.5 Å². The number of aromatic nitrogens is 4. The average molecular weight is 347 g/mol. The third kappa shape index (κ3) is 3.73. The highest BCUT2D eigenvalue weighted by Gasteiger charge is 2.29. The Morgan fingerprint density at radius 2 is 2.08 bits per heavy atom. The Balaban J connectivity index is 1.53. The number of ether oxygens (including phenoxy) is 1. The molecule has 1 aliphatic rings. The molecule has 0 spiro atoms. The van der Waals surface area contributed by atoms with Gasteiger partial charge in [0.05, 0.1) is 11.8 Å². The number of carbonyl (C=O) groups is 1. The monoisotopic (exact) mass is 347 g/mol. The van der Waals surface area contributed by atoms with Gasteiger partial charge in [0.25, 0.3) is 0 Å². The standard InChI is InChI=1S/C17H25N5O3/c1-10(6-15-11(2)20-21(5)12(15)3)17-19-18-16(25-17)9-24-14-7-22(8-14)13(4)23/h10,14H,6-9H2,1-5H3. The Kier molecular flexibility index (Phi) is 4.89. The maximum absolute atomic E-state index is 11.1. The van der Waals surface area contributed by atoms with E-state index < -0.39 is 0 Å². The van der Waals surface area contributed by atoms with Crippen molar-refractivity contribution in [1.82, 2.24) is 24.9 Å². The van der Waals surface area contributed by atoms with Crippen LogP contribution in [0.1, 0.15) is 48.5 Å². The fourth-order valence-electron chi connectivity index (χ4n) is 3.02. The number of carbonyl (C=O) groups excluding carboxylic acids is 1. The Hall–Kier alpha value is -2.22. The third-order valence-electron chi connectivity index (χ3n) is 4.81. The highest BCUT2D eigenvalue weighted by Crippen LogP contribution is 2.23. The van der Waals surface area contributed by atoms with E-state index in [9.17, 15) is 4.79 Å². The molecule has 1 aliphatic heterocycles. The van der Waals surface area contributed by atoms with Gasteiger partial charge in [-0.15, -0.1) is 10.2 Å². The van der Waals surface area contributed by atoms with E-state index in [4.69, 9.17) is 9.15 Å². The van der Waals surface area contributed by atoms with Gasteiger partial charge in [-0.1, -0.05) is 6.92 Å². The van der Waals surface area contributed by atoms with Gasteiger partial charge in [-0.2, -0.15) is 5.10 Å². The van der Waals surface area contributed by atoms with Crippen molar-refractivity contribution in [1.29, 1.82) is 0 Å². The number of hydrogen-bond acceptors (Lipinski definition) is 6. The minimum atomic E-state index is 0.0531. The summed E-state index contributed by atoms with van der Waals surface area (Å²) in [5, 5.41) is 12.7. The van der Waals surface area contributed by atoms with E-state index in [1.54, 1.807) is 11.8 Å². The van der Waals surface area contributed by atoms with Crippen LogP contribution in [0.4, 0.5) is 0 Å². The molecule has 8 nitrogen and oxygen atoms in total. The molecule has 1 unspecified atom stereocenters. The average Bonchev–Trinajstić information content (AvgIpc) is 3.06. The van der Waals surface area contributed by atoms with Crippen LogP contribution in [0.15, 0.2) is 4.42 Å². The van der Waals surface area contributed by atoms with Crippen molar-refractivity contribution >= 4 is 5.91 Å². The zero-order chi connectivity index (χ0) is 18.1. The van der Waals surface area contributed by atoms with Crippen LogP contribution in [0.5, 0.6) is 0 Å². The van der Waals surface area contributed by atoms with Crippen LogP contribution in [0.2, 0.25) is 0 Å². The number of likely N-dealkylation sites (tertiary alicyclic amines) is 1. The van der Waals surface area contributed by atoms with E-state index in [2.05, 4.69) is 29.1 Å². The lowest BCUT2D eigenvalue weighted by Crippen LogP contribution is -2.53. The molecule has 2 aromatic heterocycles. The number of aryl methyl sites for hydroxylation is 2. The molecular weight excluding hydrogens is 322 g/mol. The summed E-state index contributed by atoms with van der Waals surface area (Å²) in [6.45, 7) is 9.26. The molecule has 1 amide bonds. The first-order valence-electron chi connectivity index (χ1n) is 8.53. The Labute approximate surface area is 147 Å². The molecule has 1 atom stereocenters. The minimum absolute atomic E-state index is 0.0531. The molecule has 0 radical (unpaired) electrons. The van der Waals surface area contributed by atoms with Gasteiger partial charge in [-0.25, -0.2) is 0 Å². The molecule has 136 valence electrons. The maximum atomic E-state index is 11.1. The molecule has 0 aromatic carbocycles. The quantitative estimate of drug-likeness (QED) is 0.787. The van der Waals surface area contributed by atoms with Crippen LogP contribution in [0.25, 0.3) is 0 Å². The predicted molar refractivity (Wildman–Crippen MR) is 89.9 cm³/mol. The smallest absolute Gasteiger partial charge is 0.242 e. The lowest BCUT2D eigenvalue weighted by molar-refractivity contribution is -0.143. The van der Waals surface area contributed by atoms with Gasteiger partial charge in [-0.05, 0) is 25.8 Å². The maximum Gasteiger partial charge on any atom is 0.242 e. The van der Waals surface area contributed by atoms with Gasteiger partial charge in [-0.3, -0.25) is 9.48 Å². The summed E-state index contributed by atoms with van der Waals surface area (Å²) in [6.07, 6.45) is 0.863. The zero-order valence-electron chi connectivity index (χ0n) is 15.4. The number of hydrogen-bond donors (Lipinski definition) is 0. The molecule has 1 fully saturated rings. The molecule has 0 aliphatic carbocycles. The Morgan fingerprint density at radius 1 is 1.36 bits per heavy atom. The van der Waals surface area contributed by atoms with E-state index in [1.165, 1.54) is 5.56 Å². The van der Waals surface area contributed by atoms with Gasteiger partial charge in [0.15, 0.2) is 0 Å². The second-order valence-corrected chi connectivity index (χ2v) is 6.77. The van der Waals surface area contributed by atoms with Crippen molar-refractivity contribution in [3.63, 3.8) is 0 Å². The highest BCUT2D eigenvalue weighted by molar-refractivity contribution is 5.74. The number of nitrogens with zero attached hydrogens (tertiary/aromatic N) is 5. The first kappa shape index (κ1) is 17.6. The summed E-state index contributed by atoms with van der Waals surface area (Å²) in [5.41, 5.74) is 3.42. The Bertz CT molecular complexity index is 760. The van der Waals surface area contributed by atoms with Crippen LogP contribution in [0.3, 0.4) is 0 Å². The van der Waals surface area contributed by atoms with Gasteiger partial charge >= 0.3 is 0 Å². The fourth-order valence-corrected chi connectivity index (χ4v) is 3.02. The molecule has 3 rings (SSSR count). The Morgan fingerprint density at radius 3 is 2.68 bits per heavy atom. The van der Waals surface area contributed by atoms with Gasteiger partial charge in [0, 0.05) is 38.7 Å². The van der Waals surface area contributed by atoms with Crippen molar-refractivity contribution in [2.75, 3.05) is 13.1 Å². The number of rotatable bonds is 6. The molecule has 25 heavy (non-hydrogen) atoms. The van der Waals surface area contributed by atoms with Crippen molar-refractivity contribution in [3.8, 4) is 0 Å². The molecule has 0 bridgehead atoms. The lowest BCUT2D eigenvalue weighted by atomic mass is 10.00. The van der Waals surface area contributed by atoms with E-state index in [1.807, 2.05) is 18.7 Å². The summed E-state index contributed by atoms with van der Waals surface area (Å²) in [6, 6.07) is 0. The topological polar surface area (TPSA) is 86.3 Å². The van der Waals surface area contributed by atoms with Gasteiger partial charge < -0.3 is 14.1 Å². The summed E-state index contributed by atoms with van der Waals surface area (Å²) in [4.78, 5) is 12.9. The summed E-state index contributed by atoms with van der Waals surface area (Å²) >= 11 is 0. The molecule has 8 heteroatoms. The molecular formula is C17H25N5O3. The van der Waals surface area contributed by atoms with Crippen LogP contribution >= 0.6 is 0 Å². The van der Waals surface area contributed by atoms with E-state index in [0.717, 1.165) is 17.8 Å². The van der Waals surface area contributed by atoms with Crippen LogP contribution in [-0.2, 0) is 29.6 Å². The zero-order valence-corrected chi connectivity index (χ0v) is 15.4. The molecule has 1 saturated heterocycles. The van der Waals surface area contributed by atoms with Crippen LogP contribution < -0.4 is 0 Å². The first-order valence-corrected chi connectivity index (χ1v) is 8.53. The SMILES string of the molecule is CC(=O)N1CC(OCc2nnc(C(C)Cc3c(C)nn(C)c3C)o2)C1. The number of amides is 1. The predicted octanol–water partition coefficient (Wildman–Crippen LogP) is 1.51. The molecule has 2 aromatic rings. The van der Waals surface area contributed by atoms with Crippen molar-refractivity contribution in [2.24, 2.45) is 7.05 Å². The molecule has 3 heterocycles. The van der Waals surface area contributed by atoms with Crippen LogP contribution in [0, 0.1) is 13.8 Å². The second-order valence-electron chi connectivity index (χ2n) is 6.77. The largest absolute Gasteiger partial charge is 0.422 e. The summed E-state index contributed by atoms with van der Waals surface area (Å²) in [7, 11) is 1.95. The normalized spacial score (nSPS) is 16.1. The van der Waals surface area contributed by atoms with Crippen molar-refractivity contribution in [2.45, 2.75) is 52.7 Å². The van der Waals surface area contributed by atoms with E-state index in [0.29, 0.717) is 24.9 Å². The van der Waals surface area contributed by atoms with E-state index >= 15 is 0 Å². The summed E-state index contributed by atoms with van der Waals surface area (Å²) in [5.74, 6) is 1.28. The second kappa shape index (κ2) is 6.95. The minimum Gasteiger partial charge on any atom is -0.422 e. The van der Waals surface area contributed by atoms with Gasteiger partial charge in [0.2, 0.25) is 17.7 Å². The molecule has 0 saturated carbocycles. The lowest BCUT2D eigenvalue weighted by Gasteiger charge is -2.37. The summed E-state index contributed by atoms with van der Waals surface area (Å²) < 4.78 is 13.3. The van der Waals surface area contributed by atoms with Crippen molar-refractivity contribution in [3.05, 3.63) is 28.7 Å². The fraction of sp³-hybridized carbons (Fsp3) is 0.647. The first-order chi connectivity index (χ1) is 11.8. The highest BCUT2D eigenvalue weighted by atomic mass is 16.5. The van der Waals surface area contributed by atoms with Crippen molar-refractivity contribution < 1.29 is 13.9 Å². The van der Waals surface area contributed by atoms with Gasteiger partial charge in [0.1, 0.15) is 6.61 Å². The third-order valence-corrected chi connectivity index (χ3v) is 4.81. The van der Waals surface area contributed by atoms with Crippen LogP contribution in [-0.4, -0.2) is 50.0 Å².